The van der Waals surface area contributed by atoms with Crippen LogP contribution in [0, 0.1) is 15.9 Å². The summed E-state index contributed by atoms with van der Waals surface area (Å²) in [6.07, 6.45) is 3.23. The second kappa shape index (κ2) is 6.62. The number of likely N-dealkylation sites (N-methyl/N-ethyl adjacent to an activating group) is 1. The van der Waals surface area contributed by atoms with Gasteiger partial charge in [0, 0.05) is 31.3 Å². The number of amides is 1. The molecule has 0 spiro atoms. The van der Waals surface area contributed by atoms with Crippen LogP contribution in [0.3, 0.4) is 0 Å². The number of halogens is 1. The lowest BCUT2D eigenvalue weighted by Gasteiger charge is -2.28. The molecule has 0 bridgehead atoms. The molecule has 1 amide bonds. The maximum absolute atomic E-state index is 13.4. The number of carbonyl (C=O) groups is 1. The van der Waals surface area contributed by atoms with E-state index in [9.17, 15) is 19.3 Å². The van der Waals surface area contributed by atoms with E-state index >= 15 is 0 Å². The maximum Gasteiger partial charge on any atom is 0.273 e. The van der Waals surface area contributed by atoms with Crippen molar-refractivity contribution in [2.45, 2.75) is 25.3 Å². The lowest BCUT2D eigenvalue weighted by atomic mass is 10.0. The number of nitro benzene ring substituents is 1. The zero-order valence-electron chi connectivity index (χ0n) is 11.8. The number of rotatable bonds is 4. The van der Waals surface area contributed by atoms with Crippen molar-refractivity contribution in [1.29, 1.82) is 0 Å². The summed E-state index contributed by atoms with van der Waals surface area (Å²) in [7, 11) is 1.62. The molecule has 7 heteroatoms. The van der Waals surface area contributed by atoms with Crippen molar-refractivity contribution in [3.63, 3.8) is 0 Å². The lowest BCUT2D eigenvalue weighted by molar-refractivity contribution is -0.385. The van der Waals surface area contributed by atoms with Crippen LogP contribution in [-0.2, 0) is 0 Å². The van der Waals surface area contributed by atoms with Crippen LogP contribution < -0.4 is 5.32 Å². The predicted molar refractivity (Wildman–Crippen MR) is 75.7 cm³/mol. The van der Waals surface area contributed by atoms with Crippen molar-refractivity contribution >= 4 is 11.6 Å². The molecule has 1 aromatic carbocycles. The molecule has 114 valence electrons. The summed E-state index contributed by atoms with van der Waals surface area (Å²) < 4.78 is 13.4. The van der Waals surface area contributed by atoms with Crippen molar-refractivity contribution < 1.29 is 14.1 Å². The SMILES string of the molecule is CN(CC1CCCCN1)C(=O)c1cc(F)cc([N+](=O)[O-])c1. The summed E-state index contributed by atoms with van der Waals surface area (Å²) in [4.78, 5) is 23.7. The van der Waals surface area contributed by atoms with Crippen molar-refractivity contribution in [1.82, 2.24) is 10.2 Å². The summed E-state index contributed by atoms with van der Waals surface area (Å²) in [6.45, 7) is 1.43. The molecule has 1 saturated heterocycles. The molecule has 0 aromatic heterocycles. The van der Waals surface area contributed by atoms with Gasteiger partial charge in [0.2, 0.25) is 0 Å². The van der Waals surface area contributed by atoms with E-state index in [2.05, 4.69) is 5.32 Å². The van der Waals surface area contributed by atoms with Gasteiger partial charge in [0.1, 0.15) is 5.82 Å². The minimum Gasteiger partial charge on any atom is -0.340 e. The third-order valence-corrected chi connectivity index (χ3v) is 3.59. The minimum absolute atomic E-state index is 0.00000874. The highest BCUT2D eigenvalue weighted by molar-refractivity contribution is 5.94. The summed E-state index contributed by atoms with van der Waals surface area (Å²) in [5, 5.41) is 14.0. The predicted octanol–water partition coefficient (Wildman–Crippen LogP) is 1.95. The van der Waals surface area contributed by atoms with Crippen LogP contribution in [0.4, 0.5) is 10.1 Å². The van der Waals surface area contributed by atoms with E-state index in [4.69, 9.17) is 0 Å². The van der Waals surface area contributed by atoms with E-state index in [0.717, 1.165) is 44.0 Å². The molecule has 1 atom stereocenters. The molecule has 1 aliphatic heterocycles. The highest BCUT2D eigenvalue weighted by Gasteiger charge is 2.21. The van der Waals surface area contributed by atoms with Gasteiger partial charge in [-0.3, -0.25) is 14.9 Å². The summed E-state index contributed by atoms with van der Waals surface area (Å²) in [6, 6.07) is 3.16. The Labute approximate surface area is 122 Å². The molecular formula is C14H18FN3O3. The number of hydrogen-bond donors (Lipinski definition) is 1. The topological polar surface area (TPSA) is 75.5 Å². The molecule has 0 saturated carbocycles. The first-order chi connectivity index (χ1) is 9.97. The van der Waals surface area contributed by atoms with Gasteiger partial charge in [-0.15, -0.1) is 0 Å². The van der Waals surface area contributed by atoms with Gasteiger partial charge in [-0.05, 0) is 25.5 Å². The zero-order valence-corrected chi connectivity index (χ0v) is 11.8. The average Bonchev–Trinajstić information content (AvgIpc) is 2.46. The largest absolute Gasteiger partial charge is 0.340 e. The highest BCUT2D eigenvalue weighted by Crippen LogP contribution is 2.18. The summed E-state index contributed by atoms with van der Waals surface area (Å²) in [5.74, 6) is -1.19. The van der Waals surface area contributed by atoms with Crippen LogP contribution in [0.5, 0.6) is 0 Å². The second-order valence-electron chi connectivity index (χ2n) is 5.29. The van der Waals surface area contributed by atoms with Crippen molar-refractivity contribution in [2.24, 2.45) is 0 Å². The van der Waals surface area contributed by atoms with E-state index < -0.39 is 22.3 Å². The molecule has 6 nitrogen and oxygen atoms in total. The van der Waals surface area contributed by atoms with Gasteiger partial charge in [-0.2, -0.15) is 0 Å². The van der Waals surface area contributed by atoms with Crippen LogP contribution in [0.25, 0.3) is 0 Å². The number of nitro groups is 1. The van der Waals surface area contributed by atoms with Gasteiger partial charge in [-0.25, -0.2) is 4.39 Å². The fraction of sp³-hybridized carbons (Fsp3) is 0.500. The molecule has 2 rings (SSSR count). The summed E-state index contributed by atoms with van der Waals surface area (Å²) >= 11 is 0. The number of carbonyl (C=O) groups excluding carboxylic acids is 1. The molecule has 1 aliphatic rings. The molecular weight excluding hydrogens is 277 g/mol. The number of piperidine rings is 1. The van der Waals surface area contributed by atoms with Gasteiger partial charge in [0.05, 0.1) is 11.0 Å². The second-order valence-corrected chi connectivity index (χ2v) is 5.29. The molecule has 1 N–H and O–H groups in total. The number of hydrogen-bond acceptors (Lipinski definition) is 4. The lowest BCUT2D eigenvalue weighted by Crippen LogP contribution is -2.44. The Bertz CT molecular complexity index is 544. The molecule has 1 fully saturated rings. The van der Waals surface area contributed by atoms with Crippen LogP contribution in [0.1, 0.15) is 29.6 Å². The first kappa shape index (κ1) is 15.4. The monoisotopic (exact) mass is 295 g/mol. The summed E-state index contributed by atoms with van der Waals surface area (Å²) in [5.41, 5.74) is -0.414. The molecule has 0 aliphatic carbocycles. The Kier molecular flexibility index (Phi) is 4.85. The fourth-order valence-electron chi connectivity index (χ4n) is 2.52. The van der Waals surface area contributed by atoms with Crippen molar-refractivity contribution in [3.8, 4) is 0 Å². The zero-order chi connectivity index (χ0) is 15.4. The number of non-ortho nitro benzene ring substituents is 1. The van der Waals surface area contributed by atoms with Crippen LogP contribution >= 0.6 is 0 Å². The first-order valence-electron chi connectivity index (χ1n) is 6.91. The fourth-order valence-corrected chi connectivity index (χ4v) is 2.52. The average molecular weight is 295 g/mol. The molecule has 1 heterocycles. The smallest absolute Gasteiger partial charge is 0.273 e. The van der Waals surface area contributed by atoms with Gasteiger partial charge in [0.15, 0.2) is 0 Å². The Morgan fingerprint density at radius 1 is 1.48 bits per heavy atom. The number of nitrogens with one attached hydrogen (secondary N) is 1. The molecule has 0 radical (unpaired) electrons. The van der Waals surface area contributed by atoms with Crippen molar-refractivity contribution in [3.05, 3.63) is 39.7 Å². The first-order valence-corrected chi connectivity index (χ1v) is 6.91. The van der Waals surface area contributed by atoms with Crippen LogP contribution in [0.15, 0.2) is 18.2 Å². The normalized spacial score (nSPS) is 18.3. The van der Waals surface area contributed by atoms with Gasteiger partial charge in [0.25, 0.3) is 11.6 Å². The highest BCUT2D eigenvalue weighted by atomic mass is 19.1. The van der Waals surface area contributed by atoms with Crippen LogP contribution in [-0.4, -0.2) is 41.9 Å². The Hall–Kier alpha value is -2.02. The quantitative estimate of drug-likeness (QED) is 0.680. The van der Waals surface area contributed by atoms with Crippen LogP contribution in [0.2, 0.25) is 0 Å². The molecule has 21 heavy (non-hydrogen) atoms. The third kappa shape index (κ3) is 3.98. The maximum atomic E-state index is 13.4. The van der Waals surface area contributed by atoms with Gasteiger partial charge < -0.3 is 10.2 Å². The minimum atomic E-state index is -0.781. The van der Waals surface area contributed by atoms with E-state index in [0.29, 0.717) is 6.54 Å². The third-order valence-electron chi connectivity index (χ3n) is 3.59. The van der Waals surface area contributed by atoms with E-state index in [1.54, 1.807) is 7.05 Å². The Morgan fingerprint density at radius 3 is 2.86 bits per heavy atom. The number of nitrogens with zero attached hydrogens (tertiary/aromatic N) is 2. The Balaban J connectivity index is 2.09. The Morgan fingerprint density at radius 2 is 2.24 bits per heavy atom. The van der Waals surface area contributed by atoms with Gasteiger partial charge >= 0.3 is 0 Å². The van der Waals surface area contributed by atoms with Gasteiger partial charge in [-0.1, -0.05) is 6.42 Å². The van der Waals surface area contributed by atoms with Crippen molar-refractivity contribution in [2.75, 3.05) is 20.1 Å². The van der Waals surface area contributed by atoms with E-state index in [-0.39, 0.29) is 11.6 Å². The molecule has 1 unspecified atom stereocenters. The molecule has 1 aromatic rings. The van der Waals surface area contributed by atoms with E-state index in [1.807, 2.05) is 0 Å². The standard InChI is InChI=1S/C14H18FN3O3/c1-17(9-12-4-2-3-5-16-12)14(19)10-6-11(15)8-13(7-10)18(20)21/h6-8,12,16H,2-5,9H2,1H3. The van der Waals surface area contributed by atoms with E-state index in [1.165, 1.54) is 4.90 Å². The number of benzene rings is 1.